The van der Waals surface area contributed by atoms with Gasteiger partial charge in [0, 0.05) is 11.1 Å². The van der Waals surface area contributed by atoms with Crippen molar-refractivity contribution in [3.05, 3.63) is 88.6 Å². The molecule has 7 nitrogen and oxygen atoms in total. The first-order valence-corrected chi connectivity index (χ1v) is 12.2. The van der Waals surface area contributed by atoms with Crippen molar-refractivity contribution in [1.29, 1.82) is 0 Å². The SMILES string of the molecule is CCc1cc(C2=C(C(=O)O)N(c3ccccc3C(F)(F)F)S(=O)(=O)c3ccccc32)cc2c1OCO2.[NaH]. The Morgan fingerprint density at radius 2 is 1.73 bits per heavy atom. The number of sulfonamides is 1. The van der Waals surface area contributed by atoms with E-state index < -0.39 is 39.1 Å². The molecule has 5 rings (SSSR count). The van der Waals surface area contributed by atoms with Crippen molar-refractivity contribution in [2.24, 2.45) is 0 Å². The first kappa shape index (κ1) is 27.1. The molecule has 188 valence electrons. The molecule has 2 aliphatic heterocycles. The van der Waals surface area contributed by atoms with Crippen LogP contribution in [0.1, 0.15) is 29.2 Å². The van der Waals surface area contributed by atoms with Crippen molar-refractivity contribution in [3.63, 3.8) is 0 Å². The molecule has 0 saturated heterocycles. The van der Waals surface area contributed by atoms with Gasteiger partial charge in [-0.25, -0.2) is 17.5 Å². The average Bonchev–Trinajstić information content (AvgIpc) is 3.31. The summed E-state index contributed by atoms with van der Waals surface area (Å²) in [6.07, 6.45) is -4.46. The van der Waals surface area contributed by atoms with Crippen LogP contribution in [0.15, 0.2) is 71.3 Å². The van der Waals surface area contributed by atoms with E-state index in [1.54, 1.807) is 6.07 Å². The van der Waals surface area contributed by atoms with Crippen molar-refractivity contribution in [1.82, 2.24) is 0 Å². The molecular formula is C25H19F3NNaO6S. The molecule has 0 saturated carbocycles. The Labute approximate surface area is 232 Å². The number of benzene rings is 3. The second-order valence-corrected chi connectivity index (χ2v) is 9.79. The molecule has 0 fully saturated rings. The summed E-state index contributed by atoms with van der Waals surface area (Å²) in [5.41, 5.74) is -1.99. The second kappa shape index (κ2) is 9.71. The number of alkyl halides is 3. The Bertz CT molecular complexity index is 1550. The summed E-state index contributed by atoms with van der Waals surface area (Å²) in [5, 5.41) is 10.3. The van der Waals surface area contributed by atoms with Crippen LogP contribution in [-0.2, 0) is 27.4 Å². The van der Waals surface area contributed by atoms with Gasteiger partial charge in [0.1, 0.15) is 0 Å². The molecule has 0 atom stereocenters. The molecule has 0 aromatic heterocycles. The molecule has 0 aliphatic carbocycles. The van der Waals surface area contributed by atoms with Crippen LogP contribution in [0.25, 0.3) is 5.57 Å². The number of aliphatic carboxylic acids is 1. The molecule has 0 radical (unpaired) electrons. The van der Waals surface area contributed by atoms with E-state index in [2.05, 4.69) is 0 Å². The van der Waals surface area contributed by atoms with Gasteiger partial charge in [0.2, 0.25) is 6.79 Å². The van der Waals surface area contributed by atoms with E-state index in [1.807, 2.05) is 6.92 Å². The number of rotatable bonds is 4. The number of fused-ring (bicyclic) bond motifs is 2. The van der Waals surface area contributed by atoms with E-state index >= 15 is 0 Å². The first-order valence-electron chi connectivity index (χ1n) is 10.8. The van der Waals surface area contributed by atoms with Crippen LogP contribution < -0.4 is 13.8 Å². The van der Waals surface area contributed by atoms with E-state index in [9.17, 15) is 31.5 Å². The summed E-state index contributed by atoms with van der Waals surface area (Å²) in [4.78, 5) is 12.3. The molecular weight excluding hydrogens is 522 g/mol. The maximum absolute atomic E-state index is 13.9. The van der Waals surface area contributed by atoms with Gasteiger partial charge in [0.05, 0.1) is 16.1 Å². The third-order valence-corrected chi connectivity index (χ3v) is 7.74. The quantitative estimate of drug-likeness (QED) is 0.493. The standard InChI is InChI=1S/C25H18F3NO6S.Na.H/c1-2-14-11-15(12-19-23(14)35-13-34-19)21-16-7-3-6-10-20(16)36(32,33)29(22(21)24(30)31)18-9-5-4-8-17(18)25(26,27)28;;/h3-12H,2,13H2,1H3,(H,30,31);;. The Morgan fingerprint density at radius 1 is 1.05 bits per heavy atom. The molecule has 3 aromatic rings. The zero-order valence-corrected chi connectivity index (χ0v) is 19.5. The van der Waals surface area contributed by atoms with Crippen LogP contribution in [0, 0.1) is 0 Å². The average molecular weight is 541 g/mol. The van der Waals surface area contributed by atoms with Crippen LogP contribution in [0.3, 0.4) is 0 Å². The van der Waals surface area contributed by atoms with E-state index in [0.717, 1.165) is 12.1 Å². The Hall–Kier alpha value is -2.99. The Balaban J connectivity index is 0.00000320. The molecule has 1 N–H and O–H groups in total. The summed E-state index contributed by atoms with van der Waals surface area (Å²) in [5.74, 6) is -0.903. The van der Waals surface area contributed by atoms with Crippen LogP contribution in [0.4, 0.5) is 18.9 Å². The number of halogens is 3. The summed E-state index contributed by atoms with van der Waals surface area (Å²) in [6.45, 7) is 1.80. The molecule has 2 aliphatic rings. The number of ether oxygens (including phenoxy) is 2. The molecule has 0 bridgehead atoms. The zero-order chi connectivity index (χ0) is 25.8. The van der Waals surface area contributed by atoms with Crippen LogP contribution >= 0.6 is 0 Å². The van der Waals surface area contributed by atoms with Crippen molar-refractivity contribution in [2.45, 2.75) is 24.4 Å². The number of nitrogens with zero attached hydrogens (tertiary/aromatic N) is 1. The molecule has 0 amide bonds. The first-order chi connectivity index (χ1) is 17.1. The minimum absolute atomic E-state index is 0. The number of anilines is 1. The Morgan fingerprint density at radius 3 is 2.41 bits per heavy atom. The zero-order valence-electron chi connectivity index (χ0n) is 18.7. The fourth-order valence-electron chi connectivity index (χ4n) is 4.46. The maximum atomic E-state index is 13.9. The number of aryl methyl sites for hydroxylation is 1. The number of carboxylic acids is 1. The van der Waals surface area contributed by atoms with E-state index in [0.29, 0.717) is 29.5 Å². The number of carboxylic acid groups (broad SMARTS) is 1. The predicted molar refractivity (Wildman–Crippen MR) is 130 cm³/mol. The molecule has 12 heteroatoms. The number of hydrogen-bond donors (Lipinski definition) is 1. The van der Waals surface area contributed by atoms with Gasteiger partial charge in [-0.1, -0.05) is 37.3 Å². The van der Waals surface area contributed by atoms with Gasteiger partial charge in [-0.2, -0.15) is 13.2 Å². The normalized spacial score (nSPS) is 15.7. The number of carbonyl (C=O) groups is 1. The summed E-state index contributed by atoms with van der Waals surface area (Å²) in [7, 11) is -4.74. The molecule has 3 aromatic carbocycles. The van der Waals surface area contributed by atoms with Gasteiger partial charge in [-0.15, -0.1) is 0 Å². The fraction of sp³-hybridized carbons (Fsp3) is 0.160. The van der Waals surface area contributed by atoms with E-state index in [-0.39, 0.29) is 62.3 Å². The van der Waals surface area contributed by atoms with Gasteiger partial charge in [-0.3, -0.25) is 0 Å². The molecule has 37 heavy (non-hydrogen) atoms. The van der Waals surface area contributed by atoms with Gasteiger partial charge >= 0.3 is 41.7 Å². The monoisotopic (exact) mass is 541 g/mol. The summed E-state index contributed by atoms with van der Waals surface area (Å²) >= 11 is 0. The molecule has 2 heterocycles. The third kappa shape index (κ3) is 4.39. The topological polar surface area (TPSA) is 93.1 Å². The van der Waals surface area contributed by atoms with Gasteiger partial charge in [0.25, 0.3) is 10.0 Å². The van der Waals surface area contributed by atoms with Crippen molar-refractivity contribution < 1.29 is 41.0 Å². The van der Waals surface area contributed by atoms with Crippen molar-refractivity contribution >= 4 is 56.8 Å². The van der Waals surface area contributed by atoms with E-state index in [1.165, 1.54) is 36.4 Å². The number of hydrogen-bond acceptors (Lipinski definition) is 5. The summed E-state index contributed by atoms with van der Waals surface area (Å²) < 4.78 is 80.5. The van der Waals surface area contributed by atoms with Gasteiger partial charge < -0.3 is 14.6 Å². The van der Waals surface area contributed by atoms with Crippen LogP contribution in [-0.4, -0.2) is 55.8 Å². The molecule has 0 spiro atoms. The minimum atomic E-state index is -4.94. The van der Waals surface area contributed by atoms with Gasteiger partial charge in [-0.05, 0) is 47.9 Å². The fourth-order valence-corrected chi connectivity index (χ4v) is 6.19. The second-order valence-electron chi connectivity index (χ2n) is 8.03. The summed E-state index contributed by atoms with van der Waals surface area (Å²) in [6, 6.07) is 12.7. The predicted octanol–water partition coefficient (Wildman–Crippen LogP) is 4.40. The van der Waals surface area contributed by atoms with Crippen molar-refractivity contribution in [2.75, 3.05) is 11.1 Å². The number of para-hydroxylation sites is 1. The van der Waals surface area contributed by atoms with Crippen molar-refractivity contribution in [3.8, 4) is 11.5 Å². The van der Waals surface area contributed by atoms with E-state index in [4.69, 9.17) is 9.47 Å². The Kier molecular flexibility index (Phi) is 7.10. The third-order valence-electron chi connectivity index (χ3n) is 5.96. The molecule has 0 unspecified atom stereocenters. The van der Waals surface area contributed by atoms with Gasteiger partial charge in [0.15, 0.2) is 17.2 Å². The van der Waals surface area contributed by atoms with Crippen LogP contribution in [0.2, 0.25) is 0 Å². The van der Waals surface area contributed by atoms with Crippen LogP contribution in [0.5, 0.6) is 11.5 Å².